The summed E-state index contributed by atoms with van der Waals surface area (Å²) in [7, 11) is 0. The number of nitrogens with zero attached hydrogens (tertiary/aromatic N) is 4. The SMILES string of the molecule is CC12CCC(C/C1=N\N=C1\S/C(=C\c3ccc(-c4ccccc4[N+](=O)[O-])o3)C(=O)N1c1ccc(O)cc1)C2(C)C. The van der Waals surface area contributed by atoms with Crippen LogP contribution in [0.4, 0.5) is 11.4 Å². The van der Waals surface area contributed by atoms with Gasteiger partial charge in [0.1, 0.15) is 17.3 Å². The van der Waals surface area contributed by atoms with Gasteiger partial charge in [0, 0.05) is 23.3 Å². The van der Waals surface area contributed by atoms with Gasteiger partial charge in [-0.3, -0.25) is 19.8 Å². The highest BCUT2D eigenvalue weighted by molar-refractivity contribution is 8.19. The van der Waals surface area contributed by atoms with Crippen LogP contribution in [0, 0.1) is 26.9 Å². The van der Waals surface area contributed by atoms with Crippen molar-refractivity contribution >= 4 is 46.0 Å². The quantitative estimate of drug-likeness (QED) is 0.201. The maximum absolute atomic E-state index is 13.6. The molecular formula is C30H28N4O5S. The number of carbonyl (C=O) groups is 1. The molecule has 0 spiro atoms. The van der Waals surface area contributed by atoms with Crippen LogP contribution in [0.3, 0.4) is 0 Å². The van der Waals surface area contributed by atoms with Gasteiger partial charge in [0.2, 0.25) is 5.17 Å². The van der Waals surface area contributed by atoms with E-state index in [-0.39, 0.29) is 28.2 Å². The van der Waals surface area contributed by atoms with Gasteiger partial charge in [-0.05, 0) is 84.8 Å². The molecule has 204 valence electrons. The number of aromatic hydroxyl groups is 1. The molecule has 0 radical (unpaired) electrons. The molecule has 1 saturated heterocycles. The molecule has 6 rings (SSSR count). The molecule has 2 aromatic carbocycles. The molecule has 2 aliphatic carbocycles. The molecule has 3 aromatic rings. The zero-order valence-electron chi connectivity index (χ0n) is 22.3. The molecule has 2 atom stereocenters. The summed E-state index contributed by atoms with van der Waals surface area (Å²) in [6.45, 7) is 6.87. The van der Waals surface area contributed by atoms with Crippen molar-refractivity contribution in [1.29, 1.82) is 0 Å². The second-order valence-electron chi connectivity index (χ2n) is 11.2. The van der Waals surface area contributed by atoms with E-state index >= 15 is 0 Å². The number of benzene rings is 2. The molecule has 2 saturated carbocycles. The highest BCUT2D eigenvalue weighted by atomic mass is 32.2. The smallest absolute Gasteiger partial charge is 0.280 e. The first-order valence-electron chi connectivity index (χ1n) is 13.1. The summed E-state index contributed by atoms with van der Waals surface area (Å²) in [5.41, 5.74) is 2.04. The lowest BCUT2D eigenvalue weighted by Gasteiger charge is -2.34. The number of phenols is 1. The number of hydrogen-bond donors (Lipinski definition) is 1. The summed E-state index contributed by atoms with van der Waals surface area (Å²) in [6, 6.07) is 16.0. The molecule has 3 fully saturated rings. The lowest BCUT2D eigenvalue weighted by molar-refractivity contribution is -0.384. The van der Waals surface area contributed by atoms with Crippen LogP contribution in [0.25, 0.3) is 17.4 Å². The number of anilines is 1. The summed E-state index contributed by atoms with van der Waals surface area (Å²) in [4.78, 5) is 26.5. The first-order valence-corrected chi connectivity index (χ1v) is 13.9. The van der Waals surface area contributed by atoms with E-state index < -0.39 is 4.92 Å². The highest BCUT2D eigenvalue weighted by Gasteiger charge is 2.60. The van der Waals surface area contributed by atoms with E-state index in [1.54, 1.807) is 48.5 Å². The van der Waals surface area contributed by atoms with Crippen LogP contribution < -0.4 is 4.90 Å². The Hall–Kier alpha value is -4.18. The van der Waals surface area contributed by atoms with Crippen LogP contribution in [0.15, 0.2) is 80.2 Å². The van der Waals surface area contributed by atoms with Gasteiger partial charge in [0.25, 0.3) is 11.6 Å². The van der Waals surface area contributed by atoms with Gasteiger partial charge in [-0.25, -0.2) is 0 Å². The molecule has 1 N–H and O–H groups in total. The van der Waals surface area contributed by atoms with Crippen molar-refractivity contribution in [3.05, 3.63) is 81.4 Å². The van der Waals surface area contributed by atoms with Gasteiger partial charge in [0.15, 0.2) is 0 Å². The number of carbonyl (C=O) groups excluding carboxylic acids is 1. The number of para-hydroxylation sites is 1. The summed E-state index contributed by atoms with van der Waals surface area (Å²) >= 11 is 1.19. The molecule has 2 heterocycles. The first-order chi connectivity index (χ1) is 19.1. The third-order valence-electron chi connectivity index (χ3n) is 8.95. The molecule has 2 bridgehead atoms. The minimum Gasteiger partial charge on any atom is -0.508 e. The third-order valence-corrected chi connectivity index (χ3v) is 9.91. The number of furan rings is 1. The molecule has 3 aliphatic rings. The van der Waals surface area contributed by atoms with E-state index in [9.17, 15) is 20.0 Å². The lowest BCUT2D eigenvalue weighted by atomic mass is 9.70. The maximum atomic E-state index is 13.6. The van der Waals surface area contributed by atoms with Crippen molar-refractivity contribution in [1.82, 2.24) is 0 Å². The van der Waals surface area contributed by atoms with Crippen LogP contribution >= 0.6 is 11.8 Å². The zero-order chi connectivity index (χ0) is 28.2. The van der Waals surface area contributed by atoms with Gasteiger partial charge in [-0.2, -0.15) is 5.10 Å². The Morgan fingerprint density at radius 1 is 1.10 bits per heavy atom. The fourth-order valence-electron chi connectivity index (χ4n) is 6.10. The monoisotopic (exact) mass is 556 g/mol. The highest BCUT2D eigenvalue weighted by Crippen LogP contribution is 2.64. The summed E-state index contributed by atoms with van der Waals surface area (Å²) in [5.74, 6) is 1.07. The van der Waals surface area contributed by atoms with Crippen molar-refractivity contribution in [2.24, 2.45) is 27.0 Å². The van der Waals surface area contributed by atoms with Crippen molar-refractivity contribution in [2.75, 3.05) is 4.90 Å². The Bertz CT molecular complexity index is 1620. The van der Waals surface area contributed by atoms with Crippen molar-refractivity contribution in [2.45, 2.75) is 40.0 Å². The normalized spacial score (nSPS) is 26.5. The Balaban J connectivity index is 1.36. The minimum absolute atomic E-state index is 0.0261. The zero-order valence-corrected chi connectivity index (χ0v) is 23.1. The Morgan fingerprint density at radius 3 is 2.52 bits per heavy atom. The standard InChI is InChI=1S/C30H28N4O5S/c1-29(2)18-14-15-30(29,3)26(16-18)31-32-28-33(19-8-10-20(35)11-9-19)27(36)25(40-28)17-21-12-13-24(39-21)22-6-4-5-7-23(22)34(37)38/h4-13,17-18,35H,14-16H2,1-3H3/b25-17-,31-26+,32-28+. The second kappa shape index (κ2) is 9.48. The van der Waals surface area contributed by atoms with Crippen LogP contribution in [0.1, 0.15) is 45.8 Å². The molecular weight excluding hydrogens is 528 g/mol. The van der Waals surface area contributed by atoms with Gasteiger partial charge < -0.3 is 9.52 Å². The van der Waals surface area contributed by atoms with Crippen LogP contribution in [0.2, 0.25) is 0 Å². The van der Waals surface area contributed by atoms with Crippen molar-refractivity contribution in [3.8, 4) is 17.1 Å². The van der Waals surface area contributed by atoms with Gasteiger partial charge >= 0.3 is 0 Å². The number of amidine groups is 1. The molecule has 1 aromatic heterocycles. The number of phenolic OH excluding ortho intramolecular Hbond substituents is 1. The summed E-state index contributed by atoms with van der Waals surface area (Å²) in [5, 5.41) is 31.0. The third kappa shape index (κ3) is 4.14. The average molecular weight is 557 g/mol. The average Bonchev–Trinajstić information content (AvgIpc) is 3.62. The number of nitro groups is 1. The Morgan fingerprint density at radius 2 is 1.85 bits per heavy atom. The predicted octanol–water partition coefficient (Wildman–Crippen LogP) is 7.24. The topological polar surface area (TPSA) is 122 Å². The molecule has 1 amide bonds. The van der Waals surface area contributed by atoms with Crippen LogP contribution in [-0.4, -0.2) is 26.8 Å². The number of nitro benzene ring substituents is 1. The van der Waals surface area contributed by atoms with E-state index in [0.717, 1.165) is 18.6 Å². The lowest BCUT2D eigenvalue weighted by Crippen LogP contribution is -2.32. The fraction of sp³-hybridized carbons (Fsp3) is 0.300. The van der Waals surface area contributed by atoms with Crippen LogP contribution in [-0.2, 0) is 4.79 Å². The molecule has 10 heteroatoms. The fourth-order valence-corrected chi connectivity index (χ4v) is 7.01. The Labute approximate surface area is 235 Å². The minimum atomic E-state index is -0.455. The van der Waals surface area contributed by atoms with Crippen molar-refractivity contribution in [3.63, 3.8) is 0 Å². The first kappa shape index (κ1) is 26.1. The van der Waals surface area contributed by atoms with Gasteiger partial charge in [0.05, 0.1) is 21.1 Å². The summed E-state index contributed by atoms with van der Waals surface area (Å²) < 4.78 is 5.91. The van der Waals surface area contributed by atoms with E-state index in [1.807, 2.05) is 0 Å². The molecule has 9 nitrogen and oxygen atoms in total. The number of rotatable bonds is 5. The molecule has 40 heavy (non-hydrogen) atoms. The number of fused-ring (bicyclic) bond motifs is 2. The van der Waals surface area contributed by atoms with Crippen LogP contribution in [0.5, 0.6) is 5.75 Å². The van der Waals surface area contributed by atoms with E-state index in [0.29, 0.717) is 38.8 Å². The molecule has 1 aliphatic heterocycles. The van der Waals surface area contributed by atoms with E-state index in [2.05, 4.69) is 25.9 Å². The maximum Gasteiger partial charge on any atom is 0.280 e. The van der Waals surface area contributed by atoms with Crippen molar-refractivity contribution < 1.29 is 19.2 Å². The Kier molecular flexibility index (Phi) is 6.18. The van der Waals surface area contributed by atoms with E-state index in [1.165, 1.54) is 41.3 Å². The van der Waals surface area contributed by atoms with Gasteiger partial charge in [-0.15, -0.1) is 5.10 Å². The second-order valence-corrected chi connectivity index (χ2v) is 12.2. The predicted molar refractivity (Wildman–Crippen MR) is 156 cm³/mol. The number of hydrogen-bond acceptors (Lipinski definition) is 8. The van der Waals surface area contributed by atoms with E-state index in [4.69, 9.17) is 9.52 Å². The number of amides is 1. The summed E-state index contributed by atoms with van der Waals surface area (Å²) in [6.07, 6.45) is 4.78. The molecule has 2 unspecified atom stereocenters. The number of thioether (sulfide) groups is 1. The largest absolute Gasteiger partial charge is 0.508 e. The van der Waals surface area contributed by atoms with Gasteiger partial charge in [-0.1, -0.05) is 32.9 Å².